The molecule has 0 unspecified atom stereocenters. The Kier molecular flexibility index (Phi) is 3.64. The second kappa shape index (κ2) is 5.60. The molecule has 0 saturated carbocycles. The molecule has 0 spiro atoms. The highest BCUT2D eigenvalue weighted by Crippen LogP contribution is 2.14. The van der Waals surface area contributed by atoms with Crippen LogP contribution in [0.5, 0.6) is 0 Å². The molecule has 5 nitrogen and oxygen atoms in total. The van der Waals surface area contributed by atoms with Gasteiger partial charge >= 0.3 is 6.03 Å². The second-order valence-corrected chi connectivity index (χ2v) is 5.56. The Morgan fingerprint density at radius 3 is 2.76 bits per heavy atom. The van der Waals surface area contributed by atoms with Gasteiger partial charge in [0, 0.05) is 30.2 Å². The average Bonchev–Trinajstić information content (AvgIpc) is 2.51. The summed E-state index contributed by atoms with van der Waals surface area (Å²) >= 11 is 0. The summed E-state index contributed by atoms with van der Waals surface area (Å²) in [7, 11) is 0. The maximum atomic E-state index is 12.4. The number of aromatic nitrogens is 1. The number of urea groups is 1. The van der Waals surface area contributed by atoms with Crippen molar-refractivity contribution in [1.29, 1.82) is 0 Å². The van der Waals surface area contributed by atoms with Gasteiger partial charge < -0.3 is 15.2 Å². The number of pyridine rings is 1. The van der Waals surface area contributed by atoms with E-state index in [0.29, 0.717) is 11.1 Å². The summed E-state index contributed by atoms with van der Waals surface area (Å²) in [6, 6.07) is 5.48. The van der Waals surface area contributed by atoms with E-state index >= 15 is 0 Å². The van der Waals surface area contributed by atoms with Crippen LogP contribution in [0.3, 0.4) is 0 Å². The van der Waals surface area contributed by atoms with Gasteiger partial charge in [0.1, 0.15) is 5.69 Å². The number of piperidine rings is 1. The van der Waals surface area contributed by atoms with Crippen LogP contribution in [0, 0.1) is 6.92 Å². The fourth-order valence-electron chi connectivity index (χ4n) is 2.72. The fraction of sp³-hybridized carbons (Fsp3) is 0.375. The summed E-state index contributed by atoms with van der Waals surface area (Å²) in [5.41, 5.74) is 1.97. The van der Waals surface area contributed by atoms with Crippen LogP contribution >= 0.6 is 0 Å². The molecule has 21 heavy (non-hydrogen) atoms. The monoisotopic (exact) mass is 285 g/mol. The lowest BCUT2D eigenvalue weighted by atomic mass is 10.1. The minimum atomic E-state index is -0.188. The number of benzene rings is 1. The normalized spacial score (nSPS) is 15.2. The van der Waals surface area contributed by atoms with Crippen LogP contribution in [0.25, 0.3) is 10.9 Å². The summed E-state index contributed by atoms with van der Waals surface area (Å²) in [4.78, 5) is 29.5. The number of rotatable bonds is 1. The van der Waals surface area contributed by atoms with Gasteiger partial charge in [-0.1, -0.05) is 11.6 Å². The van der Waals surface area contributed by atoms with E-state index in [9.17, 15) is 9.59 Å². The van der Waals surface area contributed by atoms with Crippen molar-refractivity contribution >= 4 is 22.6 Å². The topological polar surface area (TPSA) is 65.2 Å². The van der Waals surface area contributed by atoms with Crippen LogP contribution in [-0.4, -0.2) is 29.0 Å². The van der Waals surface area contributed by atoms with E-state index in [4.69, 9.17) is 0 Å². The molecule has 1 saturated heterocycles. The summed E-state index contributed by atoms with van der Waals surface area (Å²) in [6.45, 7) is 3.46. The molecular weight excluding hydrogens is 266 g/mol. The number of hydrogen-bond donors (Lipinski definition) is 2. The minimum Gasteiger partial charge on any atom is -0.359 e. The molecule has 1 fully saturated rings. The number of anilines is 1. The number of amides is 2. The third-order valence-electron chi connectivity index (χ3n) is 3.92. The number of aryl methyl sites for hydroxylation is 1. The number of H-pyrrole nitrogens is 1. The molecule has 0 bridgehead atoms. The second-order valence-electron chi connectivity index (χ2n) is 5.56. The van der Waals surface area contributed by atoms with Crippen LogP contribution in [0.15, 0.2) is 29.2 Å². The Morgan fingerprint density at radius 1 is 1.24 bits per heavy atom. The van der Waals surface area contributed by atoms with Gasteiger partial charge in [-0.05, 0) is 38.3 Å². The van der Waals surface area contributed by atoms with Crippen LogP contribution in [0.1, 0.15) is 24.8 Å². The van der Waals surface area contributed by atoms with E-state index in [1.54, 1.807) is 11.1 Å². The molecule has 1 aromatic carbocycles. The average molecular weight is 285 g/mol. The maximum absolute atomic E-state index is 12.4. The Morgan fingerprint density at radius 2 is 2.00 bits per heavy atom. The zero-order valence-electron chi connectivity index (χ0n) is 12.1. The van der Waals surface area contributed by atoms with E-state index < -0.39 is 0 Å². The first-order chi connectivity index (χ1) is 10.1. The van der Waals surface area contributed by atoms with E-state index in [1.807, 2.05) is 25.1 Å². The molecule has 0 atom stereocenters. The van der Waals surface area contributed by atoms with Crippen LogP contribution in [-0.2, 0) is 0 Å². The molecule has 2 amide bonds. The Balaban J connectivity index is 1.88. The van der Waals surface area contributed by atoms with Gasteiger partial charge in [-0.25, -0.2) is 4.79 Å². The van der Waals surface area contributed by atoms with Gasteiger partial charge in [-0.3, -0.25) is 4.79 Å². The van der Waals surface area contributed by atoms with Gasteiger partial charge in [-0.15, -0.1) is 0 Å². The number of likely N-dealkylation sites (tertiary alicyclic amines) is 1. The molecule has 2 aromatic rings. The zero-order chi connectivity index (χ0) is 14.8. The lowest BCUT2D eigenvalue weighted by Crippen LogP contribution is -2.39. The van der Waals surface area contributed by atoms with E-state index in [1.165, 1.54) is 6.42 Å². The molecule has 1 aromatic heterocycles. The van der Waals surface area contributed by atoms with Crippen LogP contribution in [0.4, 0.5) is 10.5 Å². The minimum absolute atomic E-state index is 0.141. The molecule has 110 valence electrons. The predicted octanol–water partition coefficient (Wildman–Crippen LogP) is 2.85. The van der Waals surface area contributed by atoms with Gasteiger partial charge in [0.15, 0.2) is 0 Å². The first kappa shape index (κ1) is 13.7. The van der Waals surface area contributed by atoms with Crippen molar-refractivity contribution < 1.29 is 4.79 Å². The molecular formula is C16H19N3O2. The van der Waals surface area contributed by atoms with Crippen molar-refractivity contribution in [3.8, 4) is 0 Å². The Hall–Kier alpha value is -2.30. The summed E-state index contributed by atoms with van der Waals surface area (Å²) in [6.07, 6.45) is 4.79. The standard InChI is InChI=1S/C16H19N3O2/c1-11-5-6-13-12(9-11)15(20)14(10-17-13)18-16(21)19-7-3-2-4-8-19/h5-6,9-10H,2-4,7-8H2,1H3,(H,17,20)(H,18,21). The molecule has 0 radical (unpaired) electrons. The highest BCUT2D eigenvalue weighted by molar-refractivity contribution is 5.92. The third kappa shape index (κ3) is 2.77. The number of nitrogens with zero attached hydrogens (tertiary/aromatic N) is 1. The van der Waals surface area contributed by atoms with Crippen LogP contribution < -0.4 is 10.7 Å². The number of nitrogens with one attached hydrogen (secondary N) is 2. The first-order valence-corrected chi connectivity index (χ1v) is 7.33. The summed E-state index contributed by atoms with van der Waals surface area (Å²) in [5, 5.41) is 3.34. The molecule has 0 aliphatic carbocycles. The summed E-state index contributed by atoms with van der Waals surface area (Å²) in [5.74, 6) is 0. The van der Waals surface area contributed by atoms with Crippen molar-refractivity contribution in [3.63, 3.8) is 0 Å². The smallest absolute Gasteiger partial charge is 0.321 e. The summed E-state index contributed by atoms with van der Waals surface area (Å²) < 4.78 is 0. The lowest BCUT2D eigenvalue weighted by Gasteiger charge is -2.26. The predicted molar refractivity (Wildman–Crippen MR) is 83.7 cm³/mol. The van der Waals surface area contributed by atoms with Gasteiger partial charge in [0.2, 0.25) is 5.43 Å². The van der Waals surface area contributed by atoms with Crippen molar-refractivity contribution in [2.75, 3.05) is 18.4 Å². The molecule has 5 heteroatoms. The van der Waals surface area contributed by atoms with Gasteiger partial charge in [-0.2, -0.15) is 0 Å². The molecule has 1 aliphatic rings. The molecule has 2 N–H and O–H groups in total. The number of carbonyl (C=O) groups excluding carboxylic acids is 1. The third-order valence-corrected chi connectivity index (χ3v) is 3.92. The number of hydrogen-bond acceptors (Lipinski definition) is 2. The quantitative estimate of drug-likeness (QED) is 0.846. The van der Waals surface area contributed by atoms with Crippen molar-refractivity contribution in [1.82, 2.24) is 9.88 Å². The van der Waals surface area contributed by atoms with E-state index in [0.717, 1.165) is 37.0 Å². The zero-order valence-corrected chi connectivity index (χ0v) is 12.1. The molecule has 1 aliphatic heterocycles. The lowest BCUT2D eigenvalue weighted by molar-refractivity contribution is 0.200. The van der Waals surface area contributed by atoms with Gasteiger partial charge in [0.05, 0.1) is 0 Å². The number of carbonyl (C=O) groups is 1. The number of aromatic amines is 1. The Labute approximate surface area is 123 Å². The maximum Gasteiger partial charge on any atom is 0.321 e. The first-order valence-electron chi connectivity index (χ1n) is 7.33. The largest absolute Gasteiger partial charge is 0.359 e. The van der Waals surface area contributed by atoms with Crippen molar-refractivity contribution in [3.05, 3.63) is 40.2 Å². The van der Waals surface area contributed by atoms with Crippen molar-refractivity contribution in [2.24, 2.45) is 0 Å². The van der Waals surface area contributed by atoms with Gasteiger partial charge in [0.25, 0.3) is 0 Å². The highest BCUT2D eigenvalue weighted by Gasteiger charge is 2.17. The number of fused-ring (bicyclic) bond motifs is 1. The molecule has 2 heterocycles. The fourth-order valence-corrected chi connectivity index (χ4v) is 2.72. The Bertz CT molecular complexity index is 730. The highest BCUT2D eigenvalue weighted by atomic mass is 16.2. The molecule has 3 rings (SSSR count). The van der Waals surface area contributed by atoms with Crippen molar-refractivity contribution in [2.45, 2.75) is 26.2 Å². The van der Waals surface area contributed by atoms with Crippen LogP contribution in [0.2, 0.25) is 0 Å². The van der Waals surface area contributed by atoms with E-state index in [-0.39, 0.29) is 11.5 Å². The SMILES string of the molecule is Cc1ccc2[nH]cc(NC(=O)N3CCCCC3)c(=O)c2c1. The van der Waals surface area contributed by atoms with E-state index in [2.05, 4.69) is 10.3 Å².